The summed E-state index contributed by atoms with van der Waals surface area (Å²) in [5, 5.41) is 15.6. The molecule has 73 heavy (non-hydrogen) atoms. The van der Waals surface area contributed by atoms with Gasteiger partial charge in [0.1, 0.15) is 0 Å². The molecule has 0 atom stereocenters. The smallest absolute Gasteiger partial charge is 0.0434 e. The number of hydrogen-bond donors (Lipinski definition) is 0. The zero-order valence-corrected chi connectivity index (χ0v) is 40.5. The van der Waals surface area contributed by atoms with Crippen LogP contribution >= 0.6 is 11.3 Å². The Morgan fingerprint density at radius 1 is 0.205 bits per heavy atom. The fourth-order valence-corrected chi connectivity index (χ4v) is 14.0. The van der Waals surface area contributed by atoms with Crippen molar-refractivity contribution in [1.29, 1.82) is 0 Å². The molecule has 1 aliphatic rings. The maximum absolute atomic E-state index is 2.49. The molecule has 1 heterocycles. The summed E-state index contributed by atoms with van der Waals surface area (Å²) in [6.45, 7) is 0. The Morgan fingerprint density at radius 2 is 0.658 bits per heavy atom. The van der Waals surface area contributed by atoms with Crippen LogP contribution in [-0.4, -0.2) is 0 Å². The molecular weight excluding hydrogens is 897 g/mol. The third kappa shape index (κ3) is 5.95. The van der Waals surface area contributed by atoms with Crippen molar-refractivity contribution in [3.63, 3.8) is 0 Å². The average molecular weight is 939 g/mol. The van der Waals surface area contributed by atoms with Crippen molar-refractivity contribution in [2.75, 3.05) is 0 Å². The minimum atomic E-state index is 1.20. The summed E-state index contributed by atoms with van der Waals surface area (Å²) in [6.07, 6.45) is 0. The van der Waals surface area contributed by atoms with Crippen molar-refractivity contribution in [3.8, 4) is 89.0 Å². The SMILES string of the molecule is c1ccc(-c2ccc(-c3ccccc3)c3c(-c4ccccc4)c4c(c(-c5ccccc5)c23)-c2cccc3c(-c5cc(-c6cc7ccc8cccc9ccc(c6)c7c89)cc6c5sc5ccccc56)ccc-4c23)cc1. The maximum Gasteiger partial charge on any atom is 0.0434 e. The summed E-state index contributed by atoms with van der Waals surface area (Å²) in [4.78, 5) is 0. The monoisotopic (exact) mass is 938 g/mol. The van der Waals surface area contributed by atoms with Gasteiger partial charge in [-0.05, 0) is 168 Å². The van der Waals surface area contributed by atoms with Gasteiger partial charge in [0.15, 0.2) is 0 Å². The molecule has 0 saturated heterocycles. The van der Waals surface area contributed by atoms with Crippen LogP contribution in [0.15, 0.2) is 255 Å². The summed E-state index contributed by atoms with van der Waals surface area (Å²) >= 11 is 1.92. The number of rotatable bonds is 6. The van der Waals surface area contributed by atoms with Crippen molar-refractivity contribution in [2.24, 2.45) is 0 Å². The van der Waals surface area contributed by atoms with E-state index in [1.165, 1.54) is 163 Å². The van der Waals surface area contributed by atoms with E-state index in [9.17, 15) is 0 Å². The van der Waals surface area contributed by atoms with Crippen molar-refractivity contribution in [1.82, 2.24) is 0 Å². The molecule has 0 saturated carbocycles. The van der Waals surface area contributed by atoms with Crippen molar-refractivity contribution < 1.29 is 0 Å². The zero-order chi connectivity index (χ0) is 47.7. The highest BCUT2D eigenvalue weighted by Gasteiger charge is 2.34. The lowest BCUT2D eigenvalue weighted by atomic mass is 9.78. The Kier molecular flexibility index (Phi) is 8.72. The number of fused-ring (bicyclic) bond motifs is 7. The average Bonchev–Trinajstić information content (AvgIpc) is 4.01. The van der Waals surface area contributed by atoms with Gasteiger partial charge in [-0.1, -0.05) is 224 Å². The molecule has 0 fully saturated rings. The van der Waals surface area contributed by atoms with Gasteiger partial charge in [0.05, 0.1) is 0 Å². The standard InChI is InChI=1S/C72H42S/c1-5-17-43(18-6-1)53-35-36-54(44-19-7-2-8-20-44)69-66(46-23-11-4-12-24-46)71-59-38-37-55(57-28-16-29-58(67(57)59)70(71)65(68(53)69)45-21-9-3-10-22-45)60-41-52(42-61-56-27-13-14-30-62(56)73-72(60)61)51-39-49-33-31-47-25-15-26-48-32-34-50(40-51)64(49)63(47)48/h1-42H. The lowest BCUT2D eigenvalue weighted by Gasteiger charge is -2.25. The van der Waals surface area contributed by atoms with E-state index in [4.69, 9.17) is 0 Å². The lowest BCUT2D eigenvalue weighted by molar-refractivity contribution is 1.59. The van der Waals surface area contributed by atoms with E-state index in [1.54, 1.807) is 0 Å². The van der Waals surface area contributed by atoms with Crippen molar-refractivity contribution in [2.45, 2.75) is 0 Å². The van der Waals surface area contributed by atoms with Crippen LogP contribution in [0.3, 0.4) is 0 Å². The van der Waals surface area contributed by atoms with E-state index < -0.39 is 0 Å². The quantitative estimate of drug-likeness (QED) is 0.146. The molecule has 0 nitrogen and oxygen atoms in total. The molecule has 15 aromatic rings. The van der Waals surface area contributed by atoms with Gasteiger partial charge in [0.2, 0.25) is 0 Å². The Bertz CT molecular complexity index is 4540. The topological polar surface area (TPSA) is 0 Å². The largest absolute Gasteiger partial charge is 0.135 e. The first-order valence-electron chi connectivity index (χ1n) is 25.3. The van der Waals surface area contributed by atoms with Gasteiger partial charge >= 0.3 is 0 Å². The van der Waals surface area contributed by atoms with Crippen LogP contribution < -0.4 is 0 Å². The molecule has 1 aromatic heterocycles. The third-order valence-corrected chi connectivity index (χ3v) is 17.1. The summed E-state index contributed by atoms with van der Waals surface area (Å²) in [6, 6.07) is 95.7. The molecule has 0 bridgehead atoms. The molecule has 0 aliphatic heterocycles. The highest BCUT2D eigenvalue weighted by atomic mass is 32.1. The second-order valence-corrected chi connectivity index (χ2v) is 20.8. The molecule has 1 aliphatic carbocycles. The Labute approximate surface area is 426 Å². The van der Waals surface area contributed by atoms with E-state index in [0.29, 0.717) is 0 Å². The summed E-state index contributed by atoms with van der Waals surface area (Å²) in [7, 11) is 0. The molecule has 14 aromatic carbocycles. The molecule has 0 unspecified atom stereocenters. The van der Waals surface area contributed by atoms with Crippen LogP contribution in [0.25, 0.3) is 163 Å². The molecule has 1 heteroatoms. The molecule has 0 radical (unpaired) electrons. The van der Waals surface area contributed by atoms with E-state index in [2.05, 4.69) is 255 Å². The molecule has 336 valence electrons. The van der Waals surface area contributed by atoms with Crippen LogP contribution in [0.4, 0.5) is 0 Å². The second-order valence-electron chi connectivity index (χ2n) is 19.8. The van der Waals surface area contributed by atoms with E-state index >= 15 is 0 Å². The van der Waals surface area contributed by atoms with E-state index in [-0.39, 0.29) is 0 Å². The maximum atomic E-state index is 2.49. The number of benzene rings is 14. The molecule has 0 N–H and O–H groups in total. The minimum Gasteiger partial charge on any atom is -0.135 e. The van der Waals surface area contributed by atoms with Gasteiger partial charge in [-0.2, -0.15) is 0 Å². The second kappa shape index (κ2) is 15.7. The van der Waals surface area contributed by atoms with Gasteiger partial charge in [-0.25, -0.2) is 0 Å². The first kappa shape index (κ1) is 40.6. The van der Waals surface area contributed by atoms with Gasteiger partial charge in [0.25, 0.3) is 0 Å². The van der Waals surface area contributed by atoms with Crippen LogP contribution in [-0.2, 0) is 0 Å². The van der Waals surface area contributed by atoms with Crippen molar-refractivity contribution in [3.05, 3.63) is 255 Å². The van der Waals surface area contributed by atoms with Crippen LogP contribution in [0, 0.1) is 0 Å². The molecular formula is C72H42S. The molecule has 0 amide bonds. The van der Waals surface area contributed by atoms with Gasteiger partial charge in [0, 0.05) is 25.7 Å². The Hall–Kier alpha value is -9.14. The van der Waals surface area contributed by atoms with Crippen LogP contribution in [0.1, 0.15) is 0 Å². The summed E-state index contributed by atoms with van der Waals surface area (Å²) in [5.74, 6) is 0. The molecule has 0 spiro atoms. The lowest BCUT2D eigenvalue weighted by Crippen LogP contribution is -1.97. The van der Waals surface area contributed by atoms with Gasteiger partial charge in [-0.3, -0.25) is 0 Å². The zero-order valence-electron chi connectivity index (χ0n) is 39.7. The summed E-state index contributed by atoms with van der Waals surface area (Å²) < 4.78 is 2.62. The predicted octanol–water partition coefficient (Wildman–Crippen LogP) is 20.9. The predicted molar refractivity (Wildman–Crippen MR) is 315 cm³/mol. The van der Waals surface area contributed by atoms with E-state index in [1.807, 2.05) is 11.3 Å². The van der Waals surface area contributed by atoms with Gasteiger partial charge < -0.3 is 0 Å². The van der Waals surface area contributed by atoms with Gasteiger partial charge in [-0.15, -0.1) is 11.3 Å². The minimum absolute atomic E-state index is 1.20. The highest BCUT2D eigenvalue weighted by Crippen LogP contribution is 2.61. The first-order chi connectivity index (χ1) is 36.2. The fraction of sp³-hybridized carbons (Fsp3) is 0. The normalized spacial score (nSPS) is 12.1. The van der Waals surface area contributed by atoms with E-state index in [0.717, 1.165) is 0 Å². The van der Waals surface area contributed by atoms with Crippen LogP contribution in [0.2, 0.25) is 0 Å². The summed E-state index contributed by atoms with van der Waals surface area (Å²) in [5.41, 5.74) is 20.0. The number of hydrogen-bond acceptors (Lipinski definition) is 1. The third-order valence-electron chi connectivity index (χ3n) is 15.9. The molecule has 16 rings (SSSR count). The fourth-order valence-electron chi connectivity index (χ4n) is 12.8. The van der Waals surface area contributed by atoms with Crippen LogP contribution in [0.5, 0.6) is 0 Å². The Balaban J connectivity index is 1.03. The van der Waals surface area contributed by atoms with Crippen molar-refractivity contribution >= 4 is 85.4 Å². The number of thiophene rings is 1. The highest BCUT2D eigenvalue weighted by molar-refractivity contribution is 7.26. The first-order valence-corrected chi connectivity index (χ1v) is 26.1. The Morgan fingerprint density at radius 3 is 1.26 bits per heavy atom.